The Morgan fingerprint density at radius 2 is 1.50 bits per heavy atom. The summed E-state index contributed by atoms with van der Waals surface area (Å²) in [6.45, 7) is 4.35. The molecule has 1 nitrogen and oxygen atoms in total. The van der Waals surface area contributed by atoms with Crippen LogP contribution in [-0.4, -0.2) is 4.98 Å². The van der Waals surface area contributed by atoms with Crippen molar-refractivity contribution in [2.75, 3.05) is 0 Å². The van der Waals surface area contributed by atoms with Crippen LogP contribution in [0.4, 0.5) is 0 Å². The second-order valence-corrected chi connectivity index (χ2v) is 6.73. The second-order valence-electron chi connectivity index (χ2n) is 5.81. The fourth-order valence-electron chi connectivity index (χ4n) is 3.42. The molecule has 0 atom stereocenters. The Kier molecular flexibility index (Phi) is 3.08. The highest BCUT2D eigenvalue weighted by atomic mass is 79.9. The third-order valence-electron chi connectivity index (χ3n) is 4.31. The fraction of sp³-hybridized carbons (Fsp3) is 0.100. The molecule has 0 aliphatic heterocycles. The maximum atomic E-state index is 3.60. The van der Waals surface area contributed by atoms with Gasteiger partial charge in [0.05, 0.1) is 5.52 Å². The fourth-order valence-corrected chi connectivity index (χ4v) is 4.10. The minimum atomic E-state index is 1.13. The number of aryl methyl sites for hydroxylation is 2. The number of hydrogen-bond donors (Lipinski definition) is 1. The zero-order valence-corrected chi connectivity index (χ0v) is 14.2. The van der Waals surface area contributed by atoms with Crippen LogP contribution >= 0.6 is 15.9 Å². The van der Waals surface area contributed by atoms with Crippen molar-refractivity contribution < 1.29 is 0 Å². The van der Waals surface area contributed by atoms with Crippen molar-refractivity contribution in [2.45, 2.75) is 13.8 Å². The van der Waals surface area contributed by atoms with Crippen molar-refractivity contribution in [1.29, 1.82) is 0 Å². The van der Waals surface area contributed by atoms with Crippen LogP contribution in [0.3, 0.4) is 0 Å². The molecule has 4 rings (SSSR count). The third-order valence-corrected chi connectivity index (χ3v) is 4.77. The maximum absolute atomic E-state index is 3.60. The van der Waals surface area contributed by atoms with E-state index in [0.29, 0.717) is 0 Å². The van der Waals surface area contributed by atoms with E-state index in [-0.39, 0.29) is 0 Å². The quantitative estimate of drug-likeness (QED) is 0.411. The molecule has 108 valence electrons. The summed E-state index contributed by atoms with van der Waals surface area (Å²) < 4.78 is 1.13. The third kappa shape index (κ3) is 1.98. The number of fused-ring (bicyclic) bond motifs is 3. The van der Waals surface area contributed by atoms with Gasteiger partial charge in [0.25, 0.3) is 0 Å². The lowest BCUT2D eigenvalue weighted by Gasteiger charge is -2.12. The Morgan fingerprint density at radius 3 is 2.27 bits per heavy atom. The van der Waals surface area contributed by atoms with E-state index in [9.17, 15) is 0 Å². The van der Waals surface area contributed by atoms with E-state index in [2.05, 4.69) is 89.4 Å². The molecule has 0 unspecified atom stereocenters. The Morgan fingerprint density at radius 1 is 0.818 bits per heavy atom. The molecule has 0 aliphatic rings. The first-order valence-electron chi connectivity index (χ1n) is 7.42. The molecule has 0 amide bonds. The largest absolute Gasteiger partial charge is 0.354 e. The van der Waals surface area contributed by atoms with Gasteiger partial charge in [-0.05, 0) is 48.7 Å². The van der Waals surface area contributed by atoms with E-state index in [0.717, 1.165) is 4.47 Å². The highest BCUT2D eigenvalue weighted by molar-refractivity contribution is 9.10. The molecule has 1 N–H and O–H groups in total. The molecule has 4 aromatic rings. The van der Waals surface area contributed by atoms with Crippen molar-refractivity contribution >= 4 is 37.7 Å². The number of benzene rings is 3. The Balaban J connectivity index is 2.12. The minimum Gasteiger partial charge on any atom is -0.354 e. The number of hydrogen-bond acceptors (Lipinski definition) is 0. The Labute approximate surface area is 138 Å². The van der Waals surface area contributed by atoms with Gasteiger partial charge in [-0.15, -0.1) is 0 Å². The molecule has 0 saturated carbocycles. The average molecular weight is 350 g/mol. The normalized spacial score (nSPS) is 11.4. The van der Waals surface area contributed by atoms with Gasteiger partial charge in [-0.1, -0.05) is 52.3 Å². The Hall–Kier alpha value is -2.06. The van der Waals surface area contributed by atoms with E-state index >= 15 is 0 Å². The molecular formula is C20H16BrN. The van der Waals surface area contributed by atoms with Gasteiger partial charge in [-0.3, -0.25) is 0 Å². The predicted molar refractivity (Wildman–Crippen MR) is 98.4 cm³/mol. The first-order valence-corrected chi connectivity index (χ1v) is 8.21. The molecule has 0 spiro atoms. The number of aromatic amines is 1. The van der Waals surface area contributed by atoms with Crippen LogP contribution in [0.5, 0.6) is 0 Å². The smallest absolute Gasteiger partial charge is 0.0544 e. The maximum Gasteiger partial charge on any atom is 0.0544 e. The van der Waals surface area contributed by atoms with E-state index in [1.54, 1.807) is 0 Å². The number of para-hydroxylation sites is 2. The van der Waals surface area contributed by atoms with Gasteiger partial charge in [0.15, 0.2) is 0 Å². The topological polar surface area (TPSA) is 15.8 Å². The predicted octanol–water partition coefficient (Wildman–Crippen LogP) is 6.37. The first-order chi connectivity index (χ1) is 10.6. The summed E-state index contributed by atoms with van der Waals surface area (Å²) >= 11 is 3.59. The molecular weight excluding hydrogens is 334 g/mol. The molecule has 22 heavy (non-hydrogen) atoms. The van der Waals surface area contributed by atoms with Gasteiger partial charge >= 0.3 is 0 Å². The van der Waals surface area contributed by atoms with Gasteiger partial charge in [-0.2, -0.15) is 0 Å². The van der Waals surface area contributed by atoms with Crippen molar-refractivity contribution in [3.05, 3.63) is 70.2 Å². The summed E-state index contributed by atoms with van der Waals surface area (Å²) in [5.41, 5.74) is 7.59. The molecule has 0 radical (unpaired) electrons. The molecule has 3 aromatic carbocycles. The highest BCUT2D eigenvalue weighted by Gasteiger charge is 2.13. The number of nitrogens with one attached hydrogen (secondary N) is 1. The highest BCUT2D eigenvalue weighted by Crippen LogP contribution is 2.37. The van der Waals surface area contributed by atoms with Crippen LogP contribution in [0.15, 0.2) is 59.1 Å². The SMILES string of the molecule is Cc1cc(Br)cc(C)c1-c1cccc2c1[nH]c1ccccc12. The summed E-state index contributed by atoms with van der Waals surface area (Å²) in [7, 11) is 0. The summed E-state index contributed by atoms with van der Waals surface area (Å²) in [4.78, 5) is 3.60. The zero-order valence-electron chi connectivity index (χ0n) is 12.6. The van der Waals surface area contributed by atoms with E-state index in [1.165, 1.54) is 44.1 Å². The molecule has 2 heteroatoms. The van der Waals surface area contributed by atoms with E-state index < -0.39 is 0 Å². The van der Waals surface area contributed by atoms with Crippen LogP contribution in [0.25, 0.3) is 32.9 Å². The number of halogens is 1. The van der Waals surface area contributed by atoms with E-state index in [4.69, 9.17) is 0 Å². The molecule has 1 aromatic heterocycles. The summed E-state index contributed by atoms with van der Waals surface area (Å²) in [6.07, 6.45) is 0. The van der Waals surface area contributed by atoms with Crippen LogP contribution in [0, 0.1) is 13.8 Å². The minimum absolute atomic E-state index is 1.13. The van der Waals surface area contributed by atoms with Gasteiger partial charge in [-0.25, -0.2) is 0 Å². The first kappa shape index (κ1) is 13.6. The Bertz CT molecular complexity index is 988. The number of aromatic nitrogens is 1. The van der Waals surface area contributed by atoms with E-state index in [1.807, 2.05) is 0 Å². The average Bonchev–Trinajstić information content (AvgIpc) is 2.86. The van der Waals surface area contributed by atoms with Gasteiger partial charge in [0.1, 0.15) is 0 Å². The van der Waals surface area contributed by atoms with Gasteiger partial charge in [0, 0.05) is 26.3 Å². The summed E-state index contributed by atoms with van der Waals surface area (Å²) in [6, 6.07) is 19.4. The van der Waals surface area contributed by atoms with Crippen LogP contribution in [-0.2, 0) is 0 Å². The molecule has 1 heterocycles. The van der Waals surface area contributed by atoms with Gasteiger partial charge in [0.2, 0.25) is 0 Å². The van der Waals surface area contributed by atoms with Crippen LogP contribution < -0.4 is 0 Å². The number of rotatable bonds is 1. The lowest BCUT2D eigenvalue weighted by Crippen LogP contribution is -1.90. The second kappa shape index (κ2) is 4.99. The zero-order chi connectivity index (χ0) is 15.3. The molecule has 0 aliphatic carbocycles. The molecule has 0 fully saturated rings. The summed E-state index contributed by atoms with van der Waals surface area (Å²) in [5.74, 6) is 0. The number of H-pyrrole nitrogens is 1. The van der Waals surface area contributed by atoms with Gasteiger partial charge < -0.3 is 4.98 Å². The van der Waals surface area contributed by atoms with Crippen molar-refractivity contribution in [1.82, 2.24) is 4.98 Å². The van der Waals surface area contributed by atoms with Crippen molar-refractivity contribution in [3.8, 4) is 11.1 Å². The van der Waals surface area contributed by atoms with Crippen molar-refractivity contribution in [3.63, 3.8) is 0 Å². The summed E-state index contributed by atoms with van der Waals surface area (Å²) in [5, 5.41) is 2.57. The van der Waals surface area contributed by atoms with Crippen LogP contribution in [0.1, 0.15) is 11.1 Å². The lowest BCUT2D eigenvalue weighted by molar-refractivity contribution is 1.36. The van der Waals surface area contributed by atoms with Crippen molar-refractivity contribution in [2.24, 2.45) is 0 Å². The standard InChI is InChI=1S/C20H16BrN/c1-12-10-14(21)11-13(2)19(12)17-8-5-7-16-15-6-3-4-9-18(15)22-20(16)17/h3-11,22H,1-2H3. The molecule has 0 bridgehead atoms. The van der Waals surface area contributed by atoms with Crippen LogP contribution in [0.2, 0.25) is 0 Å². The lowest BCUT2D eigenvalue weighted by atomic mass is 9.94. The molecule has 0 saturated heterocycles. The monoisotopic (exact) mass is 349 g/mol.